The van der Waals surface area contributed by atoms with Crippen LogP contribution in [0.25, 0.3) is 0 Å². The molecule has 0 radical (unpaired) electrons. The van der Waals surface area contributed by atoms with E-state index in [9.17, 15) is 9.18 Å². The number of likely N-dealkylation sites (N-methyl/N-ethyl adjacent to an activating group) is 1. The van der Waals surface area contributed by atoms with Gasteiger partial charge in [-0.2, -0.15) is 0 Å². The van der Waals surface area contributed by atoms with Crippen LogP contribution in [0.2, 0.25) is 0 Å². The molecule has 0 aromatic heterocycles. The van der Waals surface area contributed by atoms with Gasteiger partial charge in [0.2, 0.25) is 0 Å². The number of carbonyl (C=O) groups excluding carboxylic acids is 1. The van der Waals surface area contributed by atoms with Crippen molar-refractivity contribution in [2.45, 2.75) is 13.0 Å². The van der Waals surface area contributed by atoms with Crippen molar-refractivity contribution < 1.29 is 9.18 Å². The Morgan fingerprint density at radius 2 is 2.18 bits per heavy atom. The van der Waals surface area contributed by atoms with Crippen molar-refractivity contribution in [3.05, 3.63) is 35.6 Å². The summed E-state index contributed by atoms with van der Waals surface area (Å²) in [4.78, 5) is 16.2. The van der Waals surface area contributed by atoms with Crippen molar-refractivity contribution in [3.8, 4) is 0 Å². The van der Waals surface area contributed by atoms with Crippen LogP contribution < -0.4 is 0 Å². The maximum Gasteiger partial charge on any atom is 0.254 e. The van der Waals surface area contributed by atoms with E-state index in [2.05, 4.69) is 4.90 Å². The third-order valence-corrected chi connectivity index (χ3v) is 3.16. The zero-order valence-corrected chi connectivity index (χ0v) is 10.2. The number of piperazine rings is 1. The second kappa shape index (κ2) is 4.84. The lowest BCUT2D eigenvalue weighted by molar-refractivity contribution is 0.0533. The molecule has 1 heterocycles. The first-order valence-corrected chi connectivity index (χ1v) is 5.83. The molecule has 1 aromatic rings. The van der Waals surface area contributed by atoms with Gasteiger partial charge in [0.15, 0.2) is 0 Å². The molecule has 0 bridgehead atoms. The number of halogens is 1. The number of hydrogen-bond donors (Lipinski definition) is 0. The standard InChI is InChI=1S/C13H17FN2O/c1-10-9-15(2)6-7-16(10)13(17)11-4-3-5-12(14)8-11/h3-5,8,10H,6-7,9H2,1-2H3. The lowest BCUT2D eigenvalue weighted by atomic mass is 10.1. The molecular weight excluding hydrogens is 219 g/mol. The minimum absolute atomic E-state index is 0.0786. The van der Waals surface area contributed by atoms with Crippen molar-refractivity contribution in [2.75, 3.05) is 26.7 Å². The van der Waals surface area contributed by atoms with Gasteiger partial charge < -0.3 is 9.80 Å². The average molecular weight is 236 g/mol. The fourth-order valence-electron chi connectivity index (χ4n) is 2.23. The maximum absolute atomic E-state index is 13.1. The topological polar surface area (TPSA) is 23.6 Å². The minimum atomic E-state index is -0.363. The van der Waals surface area contributed by atoms with Gasteiger partial charge in [-0.1, -0.05) is 6.07 Å². The molecule has 0 saturated carbocycles. The number of nitrogens with zero attached hydrogens (tertiary/aromatic N) is 2. The molecule has 1 unspecified atom stereocenters. The third kappa shape index (κ3) is 2.64. The summed E-state index contributed by atoms with van der Waals surface area (Å²) in [5, 5.41) is 0. The molecule has 0 aliphatic carbocycles. The number of amides is 1. The smallest absolute Gasteiger partial charge is 0.254 e. The molecule has 4 heteroatoms. The summed E-state index contributed by atoms with van der Waals surface area (Å²) in [5.74, 6) is -0.442. The molecule has 17 heavy (non-hydrogen) atoms. The molecular formula is C13H17FN2O. The Hall–Kier alpha value is -1.42. The fraction of sp³-hybridized carbons (Fsp3) is 0.462. The molecule has 1 aromatic carbocycles. The highest BCUT2D eigenvalue weighted by atomic mass is 19.1. The Bertz CT molecular complexity index is 422. The van der Waals surface area contributed by atoms with E-state index in [1.54, 1.807) is 12.1 Å². The molecule has 1 amide bonds. The summed E-state index contributed by atoms with van der Waals surface area (Å²) in [6.45, 7) is 4.45. The van der Waals surface area contributed by atoms with E-state index in [1.807, 2.05) is 18.9 Å². The Kier molecular flexibility index (Phi) is 3.43. The minimum Gasteiger partial charge on any atom is -0.333 e. The largest absolute Gasteiger partial charge is 0.333 e. The quantitative estimate of drug-likeness (QED) is 0.739. The number of benzene rings is 1. The molecule has 3 nitrogen and oxygen atoms in total. The molecule has 2 rings (SSSR count). The lowest BCUT2D eigenvalue weighted by Gasteiger charge is -2.38. The zero-order chi connectivity index (χ0) is 12.4. The van der Waals surface area contributed by atoms with Gasteiger partial charge in [0.1, 0.15) is 5.82 Å². The van der Waals surface area contributed by atoms with Crippen LogP contribution in [0.3, 0.4) is 0 Å². The first-order chi connectivity index (χ1) is 8.08. The Morgan fingerprint density at radius 1 is 1.41 bits per heavy atom. The van der Waals surface area contributed by atoms with Crippen molar-refractivity contribution in [1.82, 2.24) is 9.80 Å². The average Bonchev–Trinajstić information content (AvgIpc) is 2.28. The maximum atomic E-state index is 13.1. The van der Waals surface area contributed by atoms with Gasteiger partial charge >= 0.3 is 0 Å². The van der Waals surface area contributed by atoms with E-state index < -0.39 is 0 Å². The van der Waals surface area contributed by atoms with Crippen LogP contribution in [0.5, 0.6) is 0 Å². The van der Waals surface area contributed by atoms with Crippen LogP contribution in [0.15, 0.2) is 24.3 Å². The van der Waals surface area contributed by atoms with Gasteiger partial charge in [0, 0.05) is 31.2 Å². The van der Waals surface area contributed by atoms with Crippen LogP contribution in [-0.4, -0.2) is 48.4 Å². The summed E-state index contributed by atoms with van der Waals surface area (Å²) >= 11 is 0. The van der Waals surface area contributed by atoms with Gasteiger partial charge in [-0.05, 0) is 32.2 Å². The van der Waals surface area contributed by atoms with E-state index in [0.717, 1.165) is 13.1 Å². The summed E-state index contributed by atoms with van der Waals surface area (Å²) in [7, 11) is 2.04. The molecule has 0 N–H and O–H groups in total. The van der Waals surface area contributed by atoms with E-state index in [0.29, 0.717) is 12.1 Å². The summed E-state index contributed by atoms with van der Waals surface area (Å²) in [6.07, 6.45) is 0. The summed E-state index contributed by atoms with van der Waals surface area (Å²) in [5.41, 5.74) is 0.432. The van der Waals surface area contributed by atoms with Gasteiger partial charge in [0.25, 0.3) is 5.91 Å². The highest BCUT2D eigenvalue weighted by molar-refractivity contribution is 5.94. The summed E-state index contributed by atoms with van der Waals surface area (Å²) in [6, 6.07) is 6.06. The number of hydrogen-bond acceptors (Lipinski definition) is 2. The van der Waals surface area contributed by atoms with E-state index in [1.165, 1.54) is 12.1 Å². The number of rotatable bonds is 1. The predicted octanol–water partition coefficient (Wildman–Crippen LogP) is 1.60. The van der Waals surface area contributed by atoms with Crippen molar-refractivity contribution in [1.29, 1.82) is 0 Å². The molecule has 1 fully saturated rings. The van der Waals surface area contributed by atoms with Crippen molar-refractivity contribution >= 4 is 5.91 Å². The van der Waals surface area contributed by atoms with Crippen LogP contribution in [0.4, 0.5) is 4.39 Å². The molecule has 0 spiro atoms. The monoisotopic (exact) mass is 236 g/mol. The highest BCUT2D eigenvalue weighted by Gasteiger charge is 2.26. The Labute approximate surface area is 101 Å². The number of carbonyl (C=O) groups is 1. The predicted molar refractivity (Wildman–Crippen MR) is 64.4 cm³/mol. The summed E-state index contributed by atoms with van der Waals surface area (Å²) < 4.78 is 13.1. The lowest BCUT2D eigenvalue weighted by Crippen LogP contribution is -2.52. The van der Waals surface area contributed by atoms with Crippen molar-refractivity contribution in [3.63, 3.8) is 0 Å². The van der Waals surface area contributed by atoms with Crippen LogP contribution in [-0.2, 0) is 0 Å². The molecule has 1 saturated heterocycles. The van der Waals surface area contributed by atoms with E-state index >= 15 is 0 Å². The van der Waals surface area contributed by atoms with Crippen LogP contribution in [0.1, 0.15) is 17.3 Å². The zero-order valence-electron chi connectivity index (χ0n) is 10.2. The van der Waals surface area contributed by atoms with Gasteiger partial charge in [-0.15, -0.1) is 0 Å². The van der Waals surface area contributed by atoms with E-state index in [-0.39, 0.29) is 17.8 Å². The van der Waals surface area contributed by atoms with Crippen molar-refractivity contribution in [2.24, 2.45) is 0 Å². The Balaban J connectivity index is 2.15. The fourth-order valence-corrected chi connectivity index (χ4v) is 2.23. The normalized spacial score (nSPS) is 21.6. The van der Waals surface area contributed by atoms with Gasteiger partial charge in [0.05, 0.1) is 0 Å². The van der Waals surface area contributed by atoms with E-state index in [4.69, 9.17) is 0 Å². The second-order valence-corrected chi connectivity index (χ2v) is 4.62. The first-order valence-electron chi connectivity index (χ1n) is 5.83. The molecule has 1 aliphatic rings. The first kappa shape index (κ1) is 12.0. The van der Waals surface area contributed by atoms with Crippen LogP contribution in [0, 0.1) is 5.82 Å². The molecule has 92 valence electrons. The molecule has 1 atom stereocenters. The third-order valence-electron chi connectivity index (χ3n) is 3.16. The van der Waals surface area contributed by atoms with Gasteiger partial charge in [-0.3, -0.25) is 4.79 Å². The SMILES string of the molecule is CC1CN(C)CCN1C(=O)c1cccc(F)c1. The highest BCUT2D eigenvalue weighted by Crippen LogP contribution is 2.13. The molecule has 1 aliphatic heterocycles. The van der Waals surface area contributed by atoms with Crippen LogP contribution >= 0.6 is 0 Å². The van der Waals surface area contributed by atoms with Gasteiger partial charge in [-0.25, -0.2) is 4.39 Å². The second-order valence-electron chi connectivity index (χ2n) is 4.62. The Morgan fingerprint density at radius 3 is 2.82 bits per heavy atom.